The lowest BCUT2D eigenvalue weighted by Gasteiger charge is -2.21. The van der Waals surface area contributed by atoms with E-state index >= 15 is 0 Å². The first-order valence-corrected chi connectivity index (χ1v) is 7.06. The van der Waals surface area contributed by atoms with Gasteiger partial charge < -0.3 is 16.0 Å². The third-order valence-corrected chi connectivity index (χ3v) is 4.03. The van der Waals surface area contributed by atoms with Crippen LogP contribution in [-0.4, -0.2) is 43.2 Å². The predicted octanol–water partition coefficient (Wildman–Crippen LogP) is 1.33. The lowest BCUT2D eigenvalue weighted by Crippen LogP contribution is -2.37. The summed E-state index contributed by atoms with van der Waals surface area (Å²) in [5.74, 6) is 0. The van der Waals surface area contributed by atoms with Gasteiger partial charge in [0.1, 0.15) is 0 Å². The van der Waals surface area contributed by atoms with Gasteiger partial charge in [0, 0.05) is 25.2 Å². The van der Waals surface area contributed by atoms with Gasteiger partial charge in [-0.3, -0.25) is 0 Å². The van der Waals surface area contributed by atoms with E-state index in [0.717, 1.165) is 6.54 Å². The Morgan fingerprint density at radius 2 is 1.81 bits per heavy atom. The molecule has 16 heavy (non-hydrogen) atoms. The predicted molar refractivity (Wildman–Crippen MR) is 68.5 cm³/mol. The van der Waals surface area contributed by atoms with Crippen LogP contribution >= 0.6 is 0 Å². The fraction of sp³-hybridized carbons (Fsp3) is 1.00. The molecule has 2 fully saturated rings. The third-order valence-electron chi connectivity index (χ3n) is 4.03. The first kappa shape index (κ1) is 12.3. The van der Waals surface area contributed by atoms with Crippen LogP contribution in [0.5, 0.6) is 0 Å². The summed E-state index contributed by atoms with van der Waals surface area (Å²) in [6.45, 7) is 5.00. The highest BCUT2D eigenvalue weighted by atomic mass is 15.1. The Morgan fingerprint density at radius 1 is 1.06 bits per heavy atom. The van der Waals surface area contributed by atoms with Gasteiger partial charge in [0.15, 0.2) is 0 Å². The second kappa shape index (κ2) is 6.58. The lowest BCUT2D eigenvalue weighted by molar-refractivity contribution is 0.279. The third kappa shape index (κ3) is 4.04. The van der Waals surface area contributed by atoms with Crippen molar-refractivity contribution < 1.29 is 0 Å². The minimum Gasteiger partial charge on any atom is -0.328 e. The van der Waals surface area contributed by atoms with Crippen molar-refractivity contribution >= 4 is 0 Å². The molecule has 3 nitrogen and oxygen atoms in total. The summed E-state index contributed by atoms with van der Waals surface area (Å²) >= 11 is 0. The van der Waals surface area contributed by atoms with Gasteiger partial charge in [0.25, 0.3) is 0 Å². The molecule has 0 bridgehead atoms. The monoisotopic (exact) mass is 225 g/mol. The van der Waals surface area contributed by atoms with Crippen molar-refractivity contribution in [2.45, 2.75) is 57.0 Å². The van der Waals surface area contributed by atoms with Crippen molar-refractivity contribution in [3.05, 3.63) is 0 Å². The minimum absolute atomic E-state index is 0.454. The molecular weight excluding hydrogens is 198 g/mol. The van der Waals surface area contributed by atoms with Crippen molar-refractivity contribution in [1.29, 1.82) is 0 Å². The van der Waals surface area contributed by atoms with Gasteiger partial charge in [-0.1, -0.05) is 12.8 Å². The van der Waals surface area contributed by atoms with E-state index in [4.69, 9.17) is 5.73 Å². The number of hydrogen-bond donors (Lipinski definition) is 2. The topological polar surface area (TPSA) is 41.3 Å². The van der Waals surface area contributed by atoms with Crippen molar-refractivity contribution in [1.82, 2.24) is 10.2 Å². The van der Waals surface area contributed by atoms with Crippen molar-refractivity contribution in [2.75, 3.05) is 26.2 Å². The molecule has 0 radical (unpaired) electrons. The Hall–Kier alpha value is -0.120. The fourth-order valence-electron chi connectivity index (χ4n) is 2.99. The number of rotatable bonds is 4. The van der Waals surface area contributed by atoms with Crippen molar-refractivity contribution in [3.63, 3.8) is 0 Å². The van der Waals surface area contributed by atoms with Crippen LogP contribution in [-0.2, 0) is 0 Å². The molecule has 1 saturated carbocycles. The van der Waals surface area contributed by atoms with Gasteiger partial charge in [-0.15, -0.1) is 0 Å². The maximum Gasteiger partial charge on any atom is 0.0107 e. The molecule has 1 aliphatic carbocycles. The largest absolute Gasteiger partial charge is 0.328 e. The van der Waals surface area contributed by atoms with E-state index in [1.54, 1.807) is 0 Å². The Labute approximate surface area is 99.8 Å². The number of nitrogens with zero attached hydrogens (tertiary/aromatic N) is 1. The summed E-state index contributed by atoms with van der Waals surface area (Å²) in [5.41, 5.74) is 5.91. The van der Waals surface area contributed by atoms with Crippen LogP contribution in [0.4, 0.5) is 0 Å². The highest BCUT2D eigenvalue weighted by molar-refractivity contribution is 4.82. The molecule has 2 aliphatic rings. The molecule has 1 heterocycles. The molecule has 0 amide bonds. The molecule has 0 spiro atoms. The minimum atomic E-state index is 0.454. The zero-order chi connectivity index (χ0) is 11.2. The van der Waals surface area contributed by atoms with Crippen LogP contribution in [0.3, 0.4) is 0 Å². The van der Waals surface area contributed by atoms with E-state index < -0.39 is 0 Å². The highest BCUT2D eigenvalue weighted by Gasteiger charge is 2.20. The molecule has 3 N–H and O–H groups in total. The van der Waals surface area contributed by atoms with E-state index in [0.29, 0.717) is 12.1 Å². The average Bonchev–Trinajstić information content (AvgIpc) is 2.54. The summed E-state index contributed by atoms with van der Waals surface area (Å²) in [6, 6.07) is 1.15. The summed E-state index contributed by atoms with van der Waals surface area (Å²) < 4.78 is 0. The Morgan fingerprint density at radius 3 is 2.44 bits per heavy atom. The molecule has 2 atom stereocenters. The maximum absolute atomic E-state index is 5.91. The first-order valence-electron chi connectivity index (χ1n) is 7.06. The summed E-state index contributed by atoms with van der Waals surface area (Å²) in [6.07, 6.45) is 9.33. The number of nitrogens with one attached hydrogen (secondary N) is 1. The first-order chi connectivity index (χ1) is 7.84. The standard InChI is InChI=1S/C13H27N3/c14-12-5-6-13(11-12)15-7-10-16-8-3-1-2-4-9-16/h12-13,15H,1-11,14H2. The SMILES string of the molecule is NC1CCC(NCCN2CCCCCC2)C1. The van der Waals surface area contributed by atoms with Crippen LogP contribution in [0.15, 0.2) is 0 Å². The Bertz CT molecular complexity index is 188. The molecule has 1 saturated heterocycles. The molecule has 1 aliphatic heterocycles. The van der Waals surface area contributed by atoms with Gasteiger partial charge in [0.05, 0.1) is 0 Å². The summed E-state index contributed by atoms with van der Waals surface area (Å²) in [7, 11) is 0. The van der Waals surface area contributed by atoms with E-state index in [9.17, 15) is 0 Å². The molecule has 0 aromatic rings. The van der Waals surface area contributed by atoms with E-state index in [1.165, 1.54) is 64.6 Å². The molecule has 0 aromatic carbocycles. The zero-order valence-electron chi connectivity index (χ0n) is 10.5. The Balaban J connectivity index is 1.56. The van der Waals surface area contributed by atoms with Gasteiger partial charge >= 0.3 is 0 Å². The van der Waals surface area contributed by atoms with Gasteiger partial charge in [0.2, 0.25) is 0 Å². The molecular formula is C13H27N3. The number of nitrogens with two attached hydrogens (primary N) is 1. The van der Waals surface area contributed by atoms with Crippen molar-refractivity contribution in [3.8, 4) is 0 Å². The highest BCUT2D eigenvalue weighted by Crippen LogP contribution is 2.16. The van der Waals surface area contributed by atoms with Gasteiger partial charge in [-0.25, -0.2) is 0 Å². The van der Waals surface area contributed by atoms with Gasteiger partial charge in [-0.2, -0.15) is 0 Å². The van der Waals surface area contributed by atoms with E-state index in [-0.39, 0.29) is 0 Å². The fourth-order valence-corrected chi connectivity index (χ4v) is 2.99. The Kier molecular flexibility index (Phi) is 5.07. The summed E-state index contributed by atoms with van der Waals surface area (Å²) in [4.78, 5) is 2.62. The van der Waals surface area contributed by atoms with E-state index in [1.807, 2.05) is 0 Å². The quantitative estimate of drug-likeness (QED) is 0.758. The van der Waals surface area contributed by atoms with Crippen LogP contribution in [0, 0.1) is 0 Å². The smallest absolute Gasteiger partial charge is 0.0107 e. The molecule has 2 unspecified atom stereocenters. The zero-order valence-corrected chi connectivity index (χ0v) is 10.5. The van der Waals surface area contributed by atoms with Crippen LogP contribution in [0.1, 0.15) is 44.9 Å². The lowest BCUT2D eigenvalue weighted by atomic mass is 10.2. The normalized spacial score (nSPS) is 32.8. The second-order valence-corrected chi connectivity index (χ2v) is 5.48. The van der Waals surface area contributed by atoms with Crippen molar-refractivity contribution in [2.24, 2.45) is 5.73 Å². The molecule has 2 rings (SSSR count). The maximum atomic E-state index is 5.91. The van der Waals surface area contributed by atoms with Crippen LogP contribution in [0.25, 0.3) is 0 Å². The molecule has 3 heteroatoms. The average molecular weight is 225 g/mol. The molecule has 0 aromatic heterocycles. The number of likely N-dealkylation sites (tertiary alicyclic amines) is 1. The van der Waals surface area contributed by atoms with Crippen LogP contribution < -0.4 is 11.1 Å². The van der Waals surface area contributed by atoms with E-state index in [2.05, 4.69) is 10.2 Å². The van der Waals surface area contributed by atoms with Crippen LogP contribution in [0.2, 0.25) is 0 Å². The summed E-state index contributed by atoms with van der Waals surface area (Å²) in [5, 5.41) is 3.66. The number of hydrogen-bond acceptors (Lipinski definition) is 3. The second-order valence-electron chi connectivity index (χ2n) is 5.48. The molecule has 94 valence electrons. The van der Waals surface area contributed by atoms with Gasteiger partial charge in [-0.05, 0) is 45.2 Å².